The summed E-state index contributed by atoms with van der Waals surface area (Å²) < 4.78 is 0. The quantitative estimate of drug-likeness (QED) is 0.602. The second-order valence-electron chi connectivity index (χ2n) is 3.07. The highest BCUT2D eigenvalue weighted by atomic mass is 15.3. The molecule has 2 atom stereocenters. The Morgan fingerprint density at radius 1 is 1.58 bits per heavy atom. The Kier molecular flexibility index (Phi) is 1.87. The predicted octanol–water partition coefficient (Wildman–Crippen LogP) is -0.321. The molecule has 3 nitrogen and oxygen atoms in total. The fourth-order valence-corrected chi connectivity index (χ4v) is 1.45. The van der Waals surface area contributed by atoms with Crippen molar-refractivity contribution < 1.29 is 4.90 Å². The molecule has 0 aromatic carbocycles. The molecule has 1 aliphatic rings. The first-order valence-corrected chi connectivity index (χ1v) is 4.12. The van der Waals surface area contributed by atoms with Gasteiger partial charge in [-0.1, -0.05) is 0 Å². The lowest BCUT2D eigenvalue weighted by atomic mass is 10.2. The number of hydrogen-bond donors (Lipinski definition) is 1. The first-order chi connectivity index (χ1) is 5.88. The number of nitrogens with one attached hydrogen (secondary N) is 1. The summed E-state index contributed by atoms with van der Waals surface area (Å²) in [6.07, 6.45) is 5.92. The maximum Gasteiger partial charge on any atom is 0.208 e. The minimum absolute atomic E-state index is 0.263. The average molecular weight is 162 g/mol. The van der Waals surface area contributed by atoms with E-state index in [-0.39, 0.29) is 6.17 Å². The van der Waals surface area contributed by atoms with Gasteiger partial charge in [0.2, 0.25) is 6.17 Å². The van der Waals surface area contributed by atoms with Crippen molar-refractivity contribution in [1.29, 1.82) is 0 Å². The van der Waals surface area contributed by atoms with E-state index in [1.807, 2.05) is 18.5 Å². The van der Waals surface area contributed by atoms with Gasteiger partial charge in [-0.15, -0.1) is 0 Å². The Bertz CT molecular complexity index is 281. The minimum atomic E-state index is 0.263. The molecule has 0 amide bonds. The number of rotatable bonds is 1. The summed E-state index contributed by atoms with van der Waals surface area (Å²) in [5, 5.41) is 0. The standard InChI is InChI=1S/C9H11N3/c1-12-6-5-11-9(12)8-3-2-4-10-7-8/h2-5,7,9H,6H2,1H3/p+1. The Balaban J connectivity index is 2.25. The highest BCUT2D eigenvalue weighted by molar-refractivity contribution is 5.59. The SMILES string of the molecule is C[NH+]1CC=NC1c1cccnc1. The summed E-state index contributed by atoms with van der Waals surface area (Å²) in [6, 6.07) is 4.03. The van der Waals surface area contributed by atoms with Crippen LogP contribution in [0.3, 0.4) is 0 Å². The van der Waals surface area contributed by atoms with Crippen LogP contribution in [0.1, 0.15) is 11.7 Å². The molecule has 2 heterocycles. The smallest absolute Gasteiger partial charge is 0.208 e. The largest absolute Gasteiger partial charge is 0.308 e. The first-order valence-electron chi connectivity index (χ1n) is 4.12. The molecular formula is C9H12N3+. The summed E-state index contributed by atoms with van der Waals surface area (Å²) in [4.78, 5) is 9.87. The molecule has 0 bridgehead atoms. The number of nitrogens with zero attached hydrogens (tertiary/aromatic N) is 2. The molecule has 1 aromatic rings. The zero-order valence-electron chi connectivity index (χ0n) is 7.07. The summed E-state index contributed by atoms with van der Waals surface area (Å²) in [7, 11) is 2.14. The molecule has 12 heavy (non-hydrogen) atoms. The monoisotopic (exact) mass is 162 g/mol. The van der Waals surface area contributed by atoms with Gasteiger partial charge in [-0.3, -0.25) is 4.98 Å². The molecule has 0 aliphatic carbocycles. The minimum Gasteiger partial charge on any atom is -0.308 e. The van der Waals surface area contributed by atoms with Crippen LogP contribution in [-0.4, -0.2) is 24.8 Å². The van der Waals surface area contributed by atoms with Crippen LogP contribution < -0.4 is 4.90 Å². The Morgan fingerprint density at radius 3 is 3.08 bits per heavy atom. The lowest BCUT2D eigenvalue weighted by molar-refractivity contribution is -0.896. The summed E-state index contributed by atoms with van der Waals surface area (Å²) in [6.45, 7) is 1.01. The molecule has 0 spiro atoms. The summed E-state index contributed by atoms with van der Waals surface area (Å²) >= 11 is 0. The van der Waals surface area contributed by atoms with Gasteiger partial charge >= 0.3 is 0 Å². The van der Waals surface area contributed by atoms with Crippen LogP contribution in [0.5, 0.6) is 0 Å². The summed E-state index contributed by atoms with van der Waals surface area (Å²) in [5.74, 6) is 0. The molecule has 1 N–H and O–H groups in total. The van der Waals surface area contributed by atoms with Gasteiger partial charge in [-0.05, 0) is 12.1 Å². The zero-order chi connectivity index (χ0) is 8.39. The van der Waals surface area contributed by atoms with Crippen LogP contribution >= 0.6 is 0 Å². The molecule has 2 rings (SSSR count). The van der Waals surface area contributed by atoms with Gasteiger partial charge in [0.25, 0.3) is 0 Å². The van der Waals surface area contributed by atoms with Crippen molar-refractivity contribution in [3.05, 3.63) is 30.1 Å². The zero-order valence-corrected chi connectivity index (χ0v) is 7.07. The average Bonchev–Trinajstić information content (AvgIpc) is 2.53. The highest BCUT2D eigenvalue weighted by Gasteiger charge is 2.22. The topological polar surface area (TPSA) is 29.7 Å². The maximum atomic E-state index is 4.38. The first kappa shape index (κ1) is 7.43. The normalized spacial score (nSPS) is 27.8. The van der Waals surface area contributed by atoms with E-state index < -0.39 is 0 Å². The van der Waals surface area contributed by atoms with Crippen LogP contribution in [0.25, 0.3) is 0 Å². The Hall–Kier alpha value is -1.22. The Labute approximate surface area is 71.8 Å². The molecule has 0 radical (unpaired) electrons. The summed E-state index contributed by atoms with van der Waals surface area (Å²) in [5.41, 5.74) is 1.20. The molecule has 62 valence electrons. The lowest BCUT2D eigenvalue weighted by Gasteiger charge is -2.13. The van der Waals surface area contributed by atoms with Crippen molar-refractivity contribution in [2.45, 2.75) is 6.17 Å². The maximum absolute atomic E-state index is 4.38. The van der Waals surface area contributed by atoms with Crippen LogP contribution in [0.15, 0.2) is 29.5 Å². The van der Waals surface area contributed by atoms with Crippen molar-refractivity contribution in [2.24, 2.45) is 4.99 Å². The van der Waals surface area contributed by atoms with E-state index in [1.54, 1.807) is 6.20 Å². The molecular weight excluding hydrogens is 150 g/mol. The second kappa shape index (κ2) is 3.03. The number of pyridine rings is 1. The number of aromatic nitrogens is 1. The van der Waals surface area contributed by atoms with Crippen LogP contribution in [-0.2, 0) is 0 Å². The van der Waals surface area contributed by atoms with E-state index in [2.05, 4.69) is 23.1 Å². The van der Waals surface area contributed by atoms with Crippen molar-refractivity contribution >= 4 is 6.21 Å². The van der Waals surface area contributed by atoms with E-state index in [4.69, 9.17) is 0 Å². The van der Waals surface area contributed by atoms with Gasteiger partial charge in [0.05, 0.1) is 18.8 Å². The molecule has 1 aliphatic heterocycles. The molecule has 0 saturated heterocycles. The number of quaternary nitrogens is 1. The number of aliphatic imine (C=N–C) groups is 1. The van der Waals surface area contributed by atoms with Crippen LogP contribution in [0.2, 0.25) is 0 Å². The molecule has 1 aromatic heterocycles. The van der Waals surface area contributed by atoms with E-state index in [1.165, 1.54) is 10.5 Å². The van der Waals surface area contributed by atoms with Crippen molar-refractivity contribution in [3.8, 4) is 0 Å². The third-order valence-corrected chi connectivity index (χ3v) is 2.13. The van der Waals surface area contributed by atoms with Crippen molar-refractivity contribution in [3.63, 3.8) is 0 Å². The molecule has 0 fully saturated rings. The van der Waals surface area contributed by atoms with Crippen LogP contribution in [0.4, 0.5) is 0 Å². The second-order valence-corrected chi connectivity index (χ2v) is 3.07. The van der Waals surface area contributed by atoms with E-state index in [9.17, 15) is 0 Å². The van der Waals surface area contributed by atoms with Gasteiger partial charge < -0.3 is 4.90 Å². The third-order valence-electron chi connectivity index (χ3n) is 2.13. The fourth-order valence-electron chi connectivity index (χ4n) is 1.45. The van der Waals surface area contributed by atoms with E-state index in [0.717, 1.165) is 6.54 Å². The molecule has 3 heteroatoms. The molecule has 0 saturated carbocycles. The fraction of sp³-hybridized carbons (Fsp3) is 0.333. The van der Waals surface area contributed by atoms with E-state index in [0.29, 0.717) is 0 Å². The van der Waals surface area contributed by atoms with Gasteiger partial charge in [-0.2, -0.15) is 0 Å². The molecule has 2 unspecified atom stereocenters. The number of hydrogen-bond acceptors (Lipinski definition) is 2. The van der Waals surface area contributed by atoms with Crippen molar-refractivity contribution in [1.82, 2.24) is 4.98 Å². The van der Waals surface area contributed by atoms with E-state index >= 15 is 0 Å². The van der Waals surface area contributed by atoms with Gasteiger partial charge in [0, 0.05) is 12.4 Å². The van der Waals surface area contributed by atoms with Crippen LogP contribution in [0, 0.1) is 0 Å². The van der Waals surface area contributed by atoms with Gasteiger partial charge in [-0.25, -0.2) is 4.99 Å². The Morgan fingerprint density at radius 2 is 2.50 bits per heavy atom. The third kappa shape index (κ3) is 1.23. The van der Waals surface area contributed by atoms with Gasteiger partial charge in [0.1, 0.15) is 6.54 Å². The lowest BCUT2D eigenvalue weighted by Crippen LogP contribution is -3.07. The van der Waals surface area contributed by atoms with Crippen molar-refractivity contribution in [2.75, 3.05) is 13.6 Å². The highest BCUT2D eigenvalue weighted by Crippen LogP contribution is 2.09. The predicted molar refractivity (Wildman–Crippen MR) is 47.2 cm³/mol. The van der Waals surface area contributed by atoms with Gasteiger partial charge in [0.15, 0.2) is 0 Å².